The Morgan fingerprint density at radius 3 is 2.47 bits per heavy atom. The minimum Gasteiger partial charge on any atom is -0.496 e. The number of benzene rings is 2. The topological polar surface area (TPSA) is 103 Å². The number of rotatable bonds is 6. The molecular formula is C20H21F3N2O6S. The summed E-state index contributed by atoms with van der Waals surface area (Å²) in [6.45, 7) is 1.84. The van der Waals surface area contributed by atoms with Crippen molar-refractivity contribution >= 4 is 21.8 Å². The summed E-state index contributed by atoms with van der Waals surface area (Å²) in [5, 5.41) is 2.63. The fourth-order valence-corrected chi connectivity index (χ4v) is 4.43. The van der Waals surface area contributed by atoms with Crippen LogP contribution in [0.4, 0.5) is 23.7 Å². The zero-order valence-electron chi connectivity index (χ0n) is 17.2. The number of alkyl halides is 3. The van der Waals surface area contributed by atoms with E-state index in [9.17, 15) is 26.4 Å². The first kappa shape index (κ1) is 23.5. The number of anilines is 1. The van der Waals surface area contributed by atoms with Gasteiger partial charge < -0.3 is 19.5 Å². The molecule has 0 bridgehead atoms. The van der Waals surface area contributed by atoms with Crippen LogP contribution in [0.5, 0.6) is 11.5 Å². The van der Waals surface area contributed by atoms with Crippen molar-refractivity contribution in [1.29, 1.82) is 0 Å². The first-order valence-corrected chi connectivity index (χ1v) is 11.0. The van der Waals surface area contributed by atoms with Crippen LogP contribution >= 0.6 is 0 Å². The Balaban J connectivity index is 1.88. The highest BCUT2D eigenvalue weighted by Crippen LogP contribution is 2.39. The van der Waals surface area contributed by atoms with Gasteiger partial charge in [-0.25, -0.2) is 13.2 Å². The summed E-state index contributed by atoms with van der Waals surface area (Å²) >= 11 is 0. The molecule has 2 aromatic rings. The molecular weight excluding hydrogens is 453 g/mol. The highest BCUT2D eigenvalue weighted by atomic mass is 32.2. The molecule has 0 aliphatic carbocycles. The highest BCUT2D eigenvalue weighted by Gasteiger charge is 2.32. The Morgan fingerprint density at radius 2 is 1.88 bits per heavy atom. The maximum Gasteiger partial charge on any atom is 0.416 e. The van der Waals surface area contributed by atoms with E-state index in [-0.39, 0.29) is 36.0 Å². The number of amides is 1. The molecule has 12 heteroatoms. The smallest absolute Gasteiger partial charge is 0.416 e. The van der Waals surface area contributed by atoms with Crippen molar-refractivity contribution < 1.29 is 40.6 Å². The van der Waals surface area contributed by atoms with E-state index in [0.29, 0.717) is 11.3 Å². The van der Waals surface area contributed by atoms with Crippen LogP contribution in [0.15, 0.2) is 41.3 Å². The Bertz CT molecular complexity index is 1090. The molecule has 8 nitrogen and oxygen atoms in total. The fourth-order valence-electron chi connectivity index (χ4n) is 3.20. The molecule has 2 N–H and O–H groups in total. The average molecular weight is 474 g/mol. The Labute approximate surface area is 182 Å². The fraction of sp³-hybridized carbons (Fsp3) is 0.350. The second-order valence-electron chi connectivity index (χ2n) is 6.83. The number of carbonyl (C=O) groups excluding carboxylic acids is 1. The number of fused-ring (bicyclic) bond motifs is 1. The predicted octanol–water partition coefficient (Wildman–Crippen LogP) is 3.56. The second kappa shape index (κ2) is 9.15. The molecule has 0 saturated heterocycles. The molecule has 1 aliphatic heterocycles. The molecule has 174 valence electrons. The monoisotopic (exact) mass is 474 g/mol. The van der Waals surface area contributed by atoms with Crippen molar-refractivity contribution in [2.24, 2.45) is 0 Å². The van der Waals surface area contributed by atoms with Crippen LogP contribution in [0, 0.1) is 0 Å². The number of ether oxygens (including phenoxy) is 3. The lowest BCUT2D eigenvalue weighted by Gasteiger charge is -2.28. The molecule has 1 heterocycles. The number of halogens is 3. The molecule has 0 spiro atoms. The van der Waals surface area contributed by atoms with Gasteiger partial charge in [-0.05, 0) is 43.3 Å². The van der Waals surface area contributed by atoms with Crippen LogP contribution in [0.3, 0.4) is 0 Å². The molecule has 1 aliphatic rings. The molecule has 0 saturated carbocycles. The van der Waals surface area contributed by atoms with Crippen molar-refractivity contribution in [3.8, 4) is 11.5 Å². The molecule has 1 atom stereocenters. The number of hydrogen-bond acceptors (Lipinski definition) is 6. The van der Waals surface area contributed by atoms with Gasteiger partial charge in [0.2, 0.25) is 0 Å². The van der Waals surface area contributed by atoms with Gasteiger partial charge in [-0.15, -0.1) is 0 Å². The number of methoxy groups -OCH3 is 1. The third-order valence-corrected chi connectivity index (χ3v) is 6.04. The second-order valence-corrected chi connectivity index (χ2v) is 8.48. The third kappa shape index (κ3) is 5.18. The number of carbonyl (C=O) groups is 1. The Kier molecular flexibility index (Phi) is 6.72. The van der Waals surface area contributed by atoms with Crippen LogP contribution < -0.4 is 19.5 Å². The third-order valence-electron chi connectivity index (χ3n) is 4.63. The van der Waals surface area contributed by atoms with Gasteiger partial charge in [-0.3, -0.25) is 4.72 Å². The summed E-state index contributed by atoms with van der Waals surface area (Å²) in [6.07, 6.45) is -4.94. The van der Waals surface area contributed by atoms with Gasteiger partial charge in [0.1, 0.15) is 23.0 Å². The van der Waals surface area contributed by atoms with Gasteiger partial charge in [-0.1, -0.05) is 0 Å². The summed E-state index contributed by atoms with van der Waals surface area (Å²) in [5.41, 5.74) is -0.512. The van der Waals surface area contributed by atoms with Crippen molar-refractivity contribution in [2.45, 2.75) is 30.5 Å². The summed E-state index contributed by atoms with van der Waals surface area (Å²) in [7, 11) is -2.79. The normalized spacial score (nSPS) is 15.8. The van der Waals surface area contributed by atoms with E-state index in [1.54, 1.807) is 6.92 Å². The van der Waals surface area contributed by atoms with Crippen LogP contribution in [-0.4, -0.2) is 40.9 Å². The maximum atomic E-state index is 13.0. The SMILES string of the molecule is CCOC(=O)N[C@H]1COc2c(S(=O)(=O)Nc3ccc(C(F)(F)F)cc3)ccc(OC)c2C1. The largest absolute Gasteiger partial charge is 0.496 e. The Morgan fingerprint density at radius 1 is 1.19 bits per heavy atom. The minimum atomic E-state index is -4.53. The van der Waals surface area contributed by atoms with Crippen molar-refractivity contribution in [3.05, 3.63) is 47.5 Å². The van der Waals surface area contributed by atoms with Crippen LogP contribution in [-0.2, 0) is 27.4 Å². The van der Waals surface area contributed by atoms with Crippen molar-refractivity contribution in [2.75, 3.05) is 25.0 Å². The maximum absolute atomic E-state index is 13.0. The van der Waals surface area contributed by atoms with E-state index < -0.39 is 33.9 Å². The predicted molar refractivity (Wildman–Crippen MR) is 108 cm³/mol. The highest BCUT2D eigenvalue weighted by molar-refractivity contribution is 7.92. The molecule has 3 rings (SSSR count). The summed E-state index contributed by atoms with van der Waals surface area (Å²) in [4.78, 5) is 11.5. The first-order chi connectivity index (χ1) is 15.0. The Hall–Kier alpha value is -3.15. The van der Waals surface area contributed by atoms with Crippen molar-refractivity contribution in [3.63, 3.8) is 0 Å². The van der Waals surface area contributed by atoms with E-state index in [4.69, 9.17) is 14.2 Å². The lowest BCUT2D eigenvalue weighted by atomic mass is 10.0. The minimum absolute atomic E-state index is 0.0121. The van der Waals surface area contributed by atoms with Gasteiger partial charge in [-0.2, -0.15) is 13.2 Å². The summed E-state index contributed by atoms with van der Waals surface area (Å²) in [6, 6.07) is 5.86. The number of sulfonamides is 1. The molecule has 2 aromatic carbocycles. The molecule has 1 amide bonds. The average Bonchev–Trinajstić information content (AvgIpc) is 2.72. The molecule has 0 unspecified atom stereocenters. The van der Waals surface area contributed by atoms with Crippen LogP contribution in [0.25, 0.3) is 0 Å². The zero-order chi connectivity index (χ0) is 23.5. The van der Waals surface area contributed by atoms with E-state index in [1.807, 2.05) is 0 Å². The van der Waals surface area contributed by atoms with Gasteiger partial charge in [0.15, 0.2) is 0 Å². The van der Waals surface area contributed by atoms with Gasteiger partial charge >= 0.3 is 12.3 Å². The lowest BCUT2D eigenvalue weighted by Crippen LogP contribution is -2.43. The van der Waals surface area contributed by atoms with Gasteiger partial charge in [0.25, 0.3) is 10.0 Å². The van der Waals surface area contributed by atoms with E-state index in [2.05, 4.69) is 10.0 Å². The van der Waals surface area contributed by atoms with Gasteiger partial charge in [0.05, 0.1) is 25.3 Å². The summed E-state index contributed by atoms with van der Waals surface area (Å²) in [5.74, 6) is 0.412. The number of alkyl carbamates (subject to hydrolysis) is 1. The summed E-state index contributed by atoms with van der Waals surface area (Å²) < 4.78 is 82.2. The molecule has 0 radical (unpaired) electrons. The number of nitrogens with one attached hydrogen (secondary N) is 2. The zero-order valence-corrected chi connectivity index (χ0v) is 18.0. The molecule has 0 aromatic heterocycles. The van der Waals surface area contributed by atoms with E-state index >= 15 is 0 Å². The van der Waals surface area contributed by atoms with E-state index in [1.165, 1.54) is 19.2 Å². The number of hydrogen-bond donors (Lipinski definition) is 2. The lowest BCUT2D eigenvalue weighted by molar-refractivity contribution is -0.137. The van der Waals surface area contributed by atoms with E-state index in [0.717, 1.165) is 24.3 Å². The van der Waals surface area contributed by atoms with Crippen molar-refractivity contribution in [1.82, 2.24) is 5.32 Å². The van der Waals surface area contributed by atoms with Crippen LogP contribution in [0.2, 0.25) is 0 Å². The standard InChI is InChI=1S/C20H21F3N2O6S/c1-3-30-19(26)24-14-10-15-16(29-2)8-9-17(18(15)31-11-14)32(27,28)25-13-6-4-12(5-7-13)20(21,22)23/h4-9,14,25H,3,10-11H2,1-2H3,(H,24,26)/t14-/m1/s1. The molecule has 0 fully saturated rings. The quantitative estimate of drug-likeness (QED) is 0.664. The first-order valence-electron chi connectivity index (χ1n) is 9.51. The molecule has 32 heavy (non-hydrogen) atoms. The van der Waals surface area contributed by atoms with Crippen LogP contribution in [0.1, 0.15) is 18.1 Å². The van der Waals surface area contributed by atoms with Gasteiger partial charge in [0, 0.05) is 17.7 Å².